The van der Waals surface area contributed by atoms with Gasteiger partial charge < -0.3 is 4.74 Å². The molecule has 0 saturated carbocycles. The lowest BCUT2D eigenvalue weighted by Gasteiger charge is -2.07. The number of methoxy groups -OCH3 is 1. The van der Waals surface area contributed by atoms with E-state index in [-0.39, 0.29) is 5.78 Å². The number of hydrogen-bond donors (Lipinski definition) is 0. The fourth-order valence-electron chi connectivity index (χ4n) is 2.08. The largest absolute Gasteiger partial charge is 0.496 e. The molecule has 3 aromatic rings. The van der Waals surface area contributed by atoms with Crippen molar-refractivity contribution in [2.24, 2.45) is 0 Å². The minimum atomic E-state index is 0.00604. The van der Waals surface area contributed by atoms with E-state index in [1.165, 1.54) is 6.92 Å². The SMILES string of the molecule is COc1cc(C(C)=O)ccc1-c1cn2cccnc2n1. The third kappa shape index (κ3) is 2.03. The normalized spacial score (nSPS) is 10.7. The van der Waals surface area contributed by atoms with Crippen LogP contribution in [0, 0.1) is 0 Å². The molecule has 3 rings (SSSR count). The van der Waals surface area contributed by atoms with E-state index >= 15 is 0 Å². The van der Waals surface area contributed by atoms with E-state index in [9.17, 15) is 4.79 Å². The molecule has 0 saturated heterocycles. The Morgan fingerprint density at radius 1 is 1.35 bits per heavy atom. The number of carbonyl (C=O) groups is 1. The molecule has 0 fully saturated rings. The van der Waals surface area contributed by atoms with Gasteiger partial charge in [0.15, 0.2) is 5.78 Å². The number of benzene rings is 1. The predicted octanol–water partition coefficient (Wildman–Crippen LogP) is 2.61. The lowest BCUT2D eigenvalue weighted by molar-refractivity contribution is 0.101. The van der Waals surface area contributed by atoms with E-state index < -0.39 is 0 Å². The number of ether oxygens (including phenoxy) is 1. The first-order valence-corrected chi connectivity index (χ1v) is 6.18. The molecule has 0 radical (unpaired) electrons. The molecule has 0 atom stereocenters. The highest BCUT2D eigenvalue weighted by Crippen LogP contribution is 2.30. The fourth-order valence-corrected chi connectivity index (χ4v) is 2.08. The molecule has 0 unspecified atom stereocenters. The van der Waals surface area contributed by atoms with Crippen LogP contribution in [0.4, 0.5) is 0 Å². The second-order valence-electron chi connectivity index (χ2n) is 4.42. The fraction of sp³-hybridized carbons (Fsp3) is 0.133. The molecule has 5 nitrogen and oxygen atoms in total. The third-order valence-corrected chi connectivity index (χ3v) is 3.12. The molecule has 20 heavy (non-hydrogen) atoms. The first-order valence-electron chi connectivity index (χ1n) is 6.18. The molecule has 0 amide bonds. The Morgan fingerprint density at radius 3 is 2.90 bits per heavy atom. The third-order valence-electron chi connectivity index (χ3n) is 3.12. The highest BCUT2D eigenvalue weighted by atomic mass is 16.5. The Balaban J connectivity index is 2.15. The number of carbonyl (C=O) groups excluding carboxylic acids is 1. The zero-order valence-electron chi connectivity index (χ0n) is 11.2. The lowest BCUT2D eigenvalue weighted by atomic mass is 10.1. The van der Waals surface area contributed by atoms with Gasteiger partial charge in [-0.1, -0.05) is 6.07 Å². The maximum Gasteiger partial charge on any atom is 0.234 e. The van der Waals surface area contributed by atoms with Crippen LogP contribution in [0.3, 0.4) is 0 Å². The zero-order chi connectivity index (χ0) is 14.1. The van der Waals surface area contributed by atoms with Crippen molar-refractivity contribution in [3.05, 3.63) is 48.4 Å². The number of hydrogen-bond acceptors (Lipinski definition) is 4. The van der Waals surface area contributed by atoms with Gasteiger partial charge in [-0.15, -0.1) is 0 Å². The molecule has 0 bridgehead atoms. The van der Waals surface area contributed by atoms with Crippen molar-refractivity contribution in [3.8, 4) is 17.0 Å². The summed E-state index contributed by atoms with van der Waals surface area (Å²) >= 11 is 0. The van der Waals surface area contributed by atoms with E-state index in [0.717, 1.165) is 11.3 Å². The van der Waals surface area contributed by atoms with Gasteiger partial charge in [-0.3, -0.25) is 9.20 Å². The van der Waals surface area contributed by atoms with Crippen molar-refractivity contribution in [2.75, 3.05) is 7.11 Å². The summed E-state index contributed by atoms with van der Waals surface area (Å²) in [5.41, 5.74) is 2.21. The van der Waals surface area contributed by atoms with E-state index in [1.807, 2.05) is 28.9 Å². The molecule has 2 heterocycles. The van der Waals surface area contributed by atoms with Gasteiger partial charge in [-0.05, 0) is 25.1 Å². The average molecular weight is 267 g/mol. The number of rotatable bonds is 3. The monoisotopic (exact) mass is 267 g/mol. The van der Waals surface area contributed by atoms with Crippen molar-refractivity contribution in [3.63, 3.8) is 0 Å². The minimum Gasteiger partial charge on any atom is -0.496 e. The Labute approximate surface area is 115 Å². The number of imidazole rings is 1. The van der Waals surface area contributed by atoms with Crippen molar-refractivity contribution >= 4 is 11.6 Å². The van der Waals surface area contributed by atoms with Gasteiger partial charge in [0, 0.05) is 29.7 Å². The number of Topliss-reactive ketones (excluding diaryl/α,β-unsaturated/α-hetero) is 1. The first-order chi connectivity index (χ1) is 9.69. The van der Waals surface area contributed by atoms with Crippen molar-refractivity contribution in [1.29, 1.82) is 0 Å². The Kier molecular flexibility index (Phi) is 2.95. The van der Waals surface area contributed by atoms with Gasteiger partial charge >= 0.3 is 0 Å². The van der Waals surface area contributed by atoms with Gasteiger partial charge in [-0.25, -0.2) is 9.97 Å². The van der Waals surface area contributed by atoms with Crippen molar-refractivity contribution in [2.45, 2.75) is 6.92 Å². The predicted molar refractivity (Wildman–Crippen MR) is 75.0 cm³/mol. The summed E-state index contributed by atoms with van der Waals surface area (Å²) in [7, 11) is 1.58. The summed E-state index contributed by atoms with van der Waals surface area (Å²) in [5.74, 6) is 1.26. The van der Waals surface area contributed by atoms with Crippen LogP contribution in [0.1, 0.15) is 17.3 Å². The molecule has 5 heteroatoms. The molecular weight excluding hydrogens is 254 g/mol. The minimum absolute atomic E-state index is 0.00604. The Hall–Kier alpha value is -2.69. The maximum absolute atomic E-state index is 11.4. The van der Waals surface area contributed by atoms with Crippen LogP contribution in [-0.2, 0) is 0 Å². The standard InChI is InChI=1S/C15H13N3O2/c1-10(19)11-4-5-12(14(8-11)20-2)13-9-18-7-3-6-16-15(18)17-13/h3-9H,1-2H3. The number of aromatic nitrogens is 3. The smallest absolute Gasteiger partial charge is 0.234 e. The van der Waals surface area contributed by atoms with Crippen LogP contribution in [0.15, 0.2) is 42.9 Å². The second kappa shape index (κ2) is 4.77. The summed E-state index contributed by atoms with van der Waals surface area (Å²) < 4.78 is 7.21. The number of nitrogens with zero attached hydrogens (tertiary/aromatic N) is 3. The van der Waals surface area contributed by atoms with Crippen LogP contribution >= 0.6 is 0 Å². The van der Waals surface area contributed by atoms with Gasteiger partial charge in [0.1, 0.15) is 5.75 Å². The zero-order valence-corrected chi connectivity index (χ0v) is 11.2. The summed E-state index contributed by atoms with van der Waals surface area (Å²) in [5, 5.41) is 0. The van der Waals surface area contributed by atoms with Crippen LogP contribution in [0.25, 0.3) is 17.0 Å². The molecule has 0 aliphatic carbocycles. The first kappa shape index (κ1) is 12.3. The van der Waals surface area contributed by atoms with Crippen molar-refractivity contribution < 1.29 is 9.53 Å². The van der Waals surface area contributed by atoms with Crippen LogP contribution in [0.5, 0.6) is 5.75 Å². The molecule has 0 N–H and O–H groups in total. The molecule has 0 aliphatic heterocycles. The highest BCUT2D eigenvalue weighted by Gasteiger charge is 2.12. The van der Waals surface area contributed by atoms with Gasteiger partial charge in [0.05, 0.1) is 12.8 Å². The van der Waals surface area contributed by atoms with E-state index in [2.05, 4.69) is 9.97 Å². The molecule has 100 valence electrons. The summed E-state index contributed by atoms with van der Waals surface area (Å²) in [6, 6.07) is 7.19. The van der Waals surface area contributed by atoms with Crippen LogP contribution in [0.2, 0.25) is 0 Å². The van der Waals surface area contributed by atoms with E-state index in [1.54, 1.807) is 25.4 Å². The Bertz CT molecular complexity index is 760. The maximum atomic E-state index is 11.4. The van der Waals surface area contributed by atoms with Gasteiger partial charge in [0.2, 0.25) is 5.78 Å². The van der Waals surface area contributed by atoms with Crippen LogP contribution in [-0.4, -0.2) is 27.3 Å². The Morgan fingerprint density at radius 2 is 2.20 bits per heavy atom. The lowest BCUT2D eigenvalue weighted by Crippen LogP contribution is -1.95. The number of fused-ring (bicyclic) bond motifs is 1. The molecule has 0 spiro atoms. The summed E-state index contributed by atoms with van der Waals surface area (Å²) in [6.45, 7) is 1.53. The summed E-state index contributed by atoms with van der Waals surface area (Å²) in [4.78, 5) is 20.1. The molecule has 1 aromatic carbocycles. The molecular formula is C15H13N3O2. The highest BCUT2D eigenvalue weighted by molar-refractivity contribution is 5.95. The van der Waals surface area contributed by atoms with Gasteiger partial charge in [0.25, 0.3) is 0 Å². The second-order valence-corrected chi connectivity index (χ2v) is 4.42. The molecule has 0 aliphatic rings. The average Bonchev–Trinajstić information content (AvgIpc) is 2.90. The topological polar surface area (TPSA) is 56.5 Å². The quantitative estimate of drug-likeness (QED) is 0.684. The van der Waals surface area contributed by atoms with Gasteiger partial charge in [-0.2, -0.15) is 0 Å². The van der Waals surface area contributed by atoms with E-state index in [0.29, 0.717) is 17.1 Å². The number of ketones is 1. The summed E-state index contributed by atoms with van der Waals surface area (Å²) in [6.07, 6.45) is 5.46. The molecule has 2 aromatic heterocycles. The van der Waals surface area contributed by atoms with Crippen molar-refractivity contribution in [1.82, 2.24) is 14.4 Å². The van der Waals surface area contributed by atoms with Crippen LogP contribution < -0.4 is 4.74 Å². The van der Waals surface area contributed by atoms with E-state index in [4.69, 9.17) is 4.74 Å².